The number of hydrogen-bond donors (Lipinski definition) is 1. The molecule has 44 heavy (non-hydrogen) atoms. The molecule has 14 heteroatoms. The Morgan fingerprint density at radius 3 is 2.45 bits per heavy atom. The molecule has 1 atom stereocenters. The Kier molecular flexibility index (Phi) is 8.63. The second-order valence-corrected chi connectivity index (χ2v) is 12.7. The van der Waals surface area contributed by atoms with Gasteiger partial charge in [-0.3, -0.25) is 24.3 Å². The van der Waals surface area contributed by atoms with Gasteiger partial charge in [0.15, 0.2) is 11.0 Å². The number of rotatable bonds is 10. The number of non-ortho nitro benzene ring substituents is 1. The summed E-state index contributed by atoms with van der Waals surface area (Å²) in [6.07, 6.45) is 0.604. The van der Waals surface area contributed by atoms with Crippen LogP contribution in [0.5, 0.6) is 0 Å². The second-order valence-electron chi connectivity index (χ2n) is 9.85. The van der Waals surface area contributed by atoms with Crippen molar-refractivity contribution in [1.29, 1.82) is 0 Å². The Bertz CT molecular complexity index is 1820. The highest BCUT2D eigenvalue weighted by atomic mass is 32.2. The van der Waals surface area contributed by atoms with E-state index in [1.807, 2.05) is 54.1 Å². The quantitative estimate of drug-likeness (QED) is 0.112. The normalized spacial score (nSPS) is 14.4. The molecule has 0 spiro atoms. The minimum atomic E-state index is -0.474. The number of amides is 2. The average molecular weight is 644 g/mol. The van der Waals surface area contributed by atoms with Crippen LogP contribution in [-0.2, 0) is 11.3 Å². The Morgan fingerprint density at radius 1 is 1.02 bits per heavy atom. The van der Waals surface area contributed by atoms with Gasteiger partial charge in [0.25, 0.3) is 17.5 Å². The molecule has 1 aliphatic heterocycles. The van der Waals surface area contributed by atoms with Crippen LogP contribution in [-0.4, -0.2) is 48.0 Å². The van der Waals surface area contributed by atoms with Gasteiger partial charge in [0.1, 0.15) is 0 Å². The van der Waals surface area contributed by atoms with Crippen molar-refractivity contribution in [3.05, 3.63) is 120 Å². The van der Waals surface area contributed by atoms with E-state index >= 15 is 0 Å². The van der Waals surface area contributed by atoms with E-state index in [1.165, 1.54) is 35.2 Å². The maximum absolute atomic E-state index is 13.7. The van der Waals surface area contributed by atoms with Gasteiger partial charge >= 0.3 is 0 Å². The largest absolute Gasteiger partial charge is 0.344 e. The van der Waals surface area contributed by atoms with Crippen molar-refractivity contribution < 1.29 is 14.5 Å². The van der Waals surface area contributed by atoms with Crippen molar-refractivity contribution in [2.75, 3.05) is 5.75 Å². The number of thioether (sulfide) groups is 1. The SMILES string of the molecule is Cc1ccc(C2CC(c3cccs3)=NN2C(=O)CSc2nnc(CNC(=O)c3cccs3)n2-c2ccc([N+](=O)[O-])cc2)cc1. The molecule has 0 saturated heterocycles. The lowest BCUT2D eigenvalue weighted by molar-refractivity contribution is -0.384. The minimum Gasteiger partial charge on any atom is -0.344 e. The fourth-order valence-corrected chi connectivity index (χ4v) is 6.90. The van der Waals surface area contributed by atoms with Crippen molar-refractivity contribution in [2.45, 2.75) is 31.1 Å². The lowest BCUT2D eigenvalue weighted by atomic mass is 10.00. The predicted molar refractivity (Wildman–Crippen MR) is 170 cm³/mol. The van der Waals surface area contributed by atoms with Crippen LogP contribution in [0, 0.1) is 17.0 Å². The zero-order chi connectivity index (χ0) is 30.6. The van der Waals surface area contributed by atoms with Gasteiger partial charge in [0.2, 0.25) is 0 Å². The highest BCUT2D eigenvalue weighted by Crippen LogP contribution is 2.35. The minimum absolute atomic E-state index is 0.0241. The van der Waals surface area contributed by atoms with E-state index in [4.69, 9.17) is 5.10 Å². The molecule has 1 unspecified atom stereocenters. The maximum Gasteiger partial charge on any atom is 0.269 e. The molecular formula is C30H25N7O4S3. The number of nitrogens with one attached hydrogen (secondary N) is 1. The van der Waals surface area contributed by atoms with Crippen LogP contribution in [0.2, 0.25) is 0 Å². The van der Waals surface area contributed by atoms with Gasteiger partial charge in [-0.1, -0.05) is 53.7 Å². The summed E-state index contributed by atoms with van der Waals surface area (Å²) < 4.78 is 1.69. The molecular weight excluding hydrogens is 619 g/mol. The summed E-state index contributed by atoms with van der Waals surface area (Å²) in [4.78, 5) is 38.7. The van der Waals surface area contributed by atoms with Crippen molar-refractivity contribution in [1.82, 2.24) is 25.1 Å². The molecule has 2 aromatic carbocycles. The van der Waals surface area contributed by atoms with Crippen molar-refractivity contribution >= 4 is 57.6 Å². The lowest BCUT2D eigenvalue weighted by Gasteiger charge is -2.22. The fraction of sp³-hybridized carbons (Fsp3) is 0.167. The molecule has 0 aliphatic carbocycles. The predicted octanol–water partition coefficient (Wildman–Crippen LogP) is 6.01. The van der Waals surface area contributed by atoms with Crippen LogP contribution in [0.25, 0.3) is 5.69 Å². The number of thiophene rings is 2. The number of aromatic nitrogens is 3. The monoisotopic (exact) mass is 643 g/mol. The lowest BCUT2D eigenvalue weighted by Crippen LogP contribution is -2.28. The number of nitrogens with zero attached hydrogens (tertiary/aromatic N) is 6. The van der Waals surface area contributed by atoms with Gasteiger partial charge in [-0.05, 0) is 47.5 Å². The van der Waals surface area contributed by atoms with Gasteiger partial charge in [0.05, 0.1) is 38.7 Å². The van der Waals surface area contributed by atoms with Crippen molar-refractivity contribution in [3.8, 4) is 5.69 Å². The van der Waals surface area contributed by atoms with Crippen molar-refractivity contribution in [3.63, 3.8) is 0 Å². The summed E-state index contributed by atoms with van der Waals surface area (Å²) in [6, 6.07) is 21.3. The molecule has 6 rings (SSSR count). The fourth-order valence-electron chi connectivity index (χ4n) is 4.72. The van der Waals surface area contributed by atoms with E-state index in [9.17, 15) is 19.7 Å². The van der Waals surface area contributed by atoms with Crippen LogP contribution in [0.3, 0.4) is 0 Å². The third-order valence-corrected chi connectivity index (χ3v) is 9.63. The summed E-state index contributed by atoms with van der Waals surface area (Å²) in [6.45, 7) is 2.08. The number of benzene rings is 2. The molecule has 1 N–H and O–H groups in total. The Morgan fingerprint density at radius 2 is 1.77 bits per heavy atom. The van der Waals surface area contributed by atoms with Crippen LogP contribution < -0.4 is 5.32 Å². The molecule has 2 amide bonds. The number of aryl methyl sites for hydroxylation is 1. The van der Waals surface area contributed by atoms with Gasteiger partial charge < -0.3 is 5.32 Å². The number of nitro benzene ring substituents is 1. The van der Waals surface area contributed by atoms with Crippen LogP contribution in [0.1, 0.15) is 44.0 Å². The Labute approximate surface area is 264 Å². The molecule has 11 nitrogen and oxygen atoms in total. The van der Waals surface area contributed by atoms with E-state index in [1.54, 1.807) is 45.2 Å². The zero-order valence-electron chi connectivity index (χ0n) is 23.3. The molecule has 5 aromatic rings. The highest BCUT2D eigenvalue weighted by Gasteiger charge is 2.33. The third kappa shape index (κ3) is 6.32. The summed E-state index contributed by atoms with van der Waals surface area (Å²) >= 11 is 4.10. The highest BCUT2D eigenvalue weighted by molar-refractivity contribution is 7.99. The first-order valence-electron chi connectivity index (χ1n) is 13.5. The number of hydrazone groups is 1. The molecule has 3 aromatic heterocycles. The summed E-state index contributed by atoms with van der Waals surface area (Å²) in [5.41, 5.74) is 3.50. The first-order chi connectivity index (χ1) is 21.4. The Balaban J connectivity index is 1.25. The van der Waals surface area contributed by atoms with E-state index in [-0.39, 0.29) is 35.8 Å². The number of carbonyl (C=O) groups is 2. The van der Waals surface area contributed by atoms with Crippen LogP contribution in [0.4, 0.5) is 5.69 Å². The topological polar surface area (TPSA) is 136 Å². The maximum atomic E-state index is 13.7. The van der Waals surface area contributed by atoms with E-state index in [2.05, 4.69) is 15.5 Å². The third-order valence-electron chi connectivity index (χ3n) is 6.93. The van der Waals surface area contributed by atoms with Gasteiger partial charge in [-0.2, -0.15) is 5.10 Å². The number of hydrogen-bond acceptors (Lipinski definition) is 10. The van der Waals surface area contributed by atoms with Crippen LogP contribution in [0.15, 0.2) is 93.8 Å². The van der Waals surface area contributed by atoms with Gasteiger partial charge in [0, 0.05) is 24.2 Å². The molecule has 1 aliphatic rings. The zero-order valence-corrected chi connectivity index (χ0v) is 25.8. The smallest absolute Gasteiger partial charge is 0.269 e. The summed E-state index contributed by atoms with van der Waals surface area (Å²) in [5.74, 6) is -0.0115. The van der Waals surface area contributed by atoms with E-state index in [0.717, 1.165) is 21.7 Å². The molecule has 4 heterocycles. The summed E-state index contributed by atoms with van der Waals surface area (Å²) in [5, 5.41) is 33.2. The molecule has 222 valence electrons. The standard InChI is InChI=1S/C30H25N7O4S3/c1-19-6-8-20(9-7-19)24-16-23(25-4-2-14-42-25)34-36(24)28(38)18-44-30-33-32-27(17-31-29(39)26-5-3-15-43-26)35(30)21-10-12-22(13-11-21)37(40)41/h2-15,24H,16-18H2,1H3,(H,31,39). The van der Waals surface area contributed by atoms with Gasteiger partial charge in [-0.25, -0.2) is 5.01 Å². The van der Waals surface area contributed by atoms with Crippen LogP contribution >= 0.6 is 34.4 Å². The first-order valence-corrected chi connectivity index (χ1v) is 16.3. The molecule has 0 bridgehead atoms. The van der Waals surface area contributed by atoms with Gasteiger partial charge in [-0.15, -0.1) is 32.9 Å². The Hall–Kier alpha value is -4.66. The number of carbonyl (C=O) groups excluding carboxylic acids is 2. The van der Waals surface area contributed by atoms with E-state index in [0.29, 0.717) is 28.0 Å². The van der Waals surface area contributed by atoms with Crippen molar-refractivity contribution in [2.24, 2.45) is 5.10 Å². The average Bonchev–Trinajstić information content (AvgIpc) is 3.85. The first kappa shape index (κ1) is 29.4. The second kappa shape index (κ2) is 12.9. The molecule has 0 fully saturated rings. The molecule has 0 radical (unpaired) electrons. The summed E-state index contributed by atoms with van der Waals surface area (Å²) in [7, 11) is 0. The number of nitro groups is 1. The van der Waals surface area contributed by atoms with E-state index < -0.39 is 4.92 Å². The molecule has 0 saturated carbocycles.